The Labute approximate surface area is 114 Å². The molecule has 0 saturated heterocycles. The van der Waals surface area contributed by atoms with Crippen molar-refractivity contribution in [3.63, 3.8) is 0 Å². The number of hydrogen-bond donors (Lipinski definition) is 2. The Kier molecular flexibility index (Phi) is 4.34. The maximum Gasteiger partial charge on any atom is 0.134 e. The van der Waals surface area contributed by atoms with Crippen molar-refractivity contribution in [2.24, 2.45) is 0 Å². The van der Waals surface area contributed by atoms with Gasteiger partial charge in [0.2, 0.25) is 0 Å². The molecule has 0 aliphatic heterocycles. The van der Waals surface area contributed by atoms with Crippen LogP contribution >= 0.6 is 0 Å². The minimum atomic E-state index is 0.783. The van der Waals surface area contributed by atoms with Crippen molar-refractivity contribution in [3.05, 3.63) is 47.3 Å². The Bertz CT molecular complexity index is 552. The van der Waals surface area contributed by atoms with E-state index < -0.39 is 0 Å². The molecule has 2 N–H and O–H groups in total. The lowest BCUT2D eigenvalue weighted by molar-refractivity contribution is 1.02. The fourth-order valence-electron chi connectivity index (χ4n) is 2.13. The van der Waals surface area contributed by atoms with Gasteiger partial charge in [0.1, 0.15) is 18.0 Å². The average molecular weight is 256 g/mol. The predicted molar refractivity (Wildman–Crippen MR) is 79.5 cm³/mol. The fraction of sp³-hybridized carbons (Fsp3) is 0.333. The van der Waals surface area contributed by atoms with Crippen molar-refractivity contribution in [1.29, 1.82) is 0 Å². The predicted octanol–water partition coefficient (Wildman–Crippen LogP) is 3.00. The van der Waals surface area contributed by atoms with Gasteiger partial charge < -0.3 is 10.6 Å². The van der Waals surface area contributed by atoms with Gasteiger partial charge in [-0.1, -0.05) is 31.2 Å². The van der Waals surface area contributed by atoms with E-state index in [0.717, 1.165) is 30.2 Å². The maximum absolute atomic E-state index is 4.30. The van der Waals surface area contributed by atoms with Crippen molar-refractivity contribution in [3.8, 4) is 0 Å². The summed E-state index contributed by atoms with van der Waals surface area (Å²) in [5, 5.41) is 6.45. The molecule has 4 nitrogen and oxygen atoms in total. The van der Waals surface area contributed by atoms with Crippen molar-refractivity contribution in [2.45, 2.75) is 26.8 Å². The number of rotatable bonds is 5. The molecule has 0 fully saturated rings. The van der Waals surface area contributed by atoms with Crippen molar-refractivity contribution in [1.82, 2.24) is 9.97 Å². The maximum atomic E-state index is 4.30. The van der Waals surface area contributed by atoms with Crippen LogP contribution in [0.4, 0.5) is 11.6 Å². The Morgan fingerprint density at radius 3 is 2.42 bits per heavy atom. The summed E-state index contributed by atoms with van der Waals surface area (Å²) in [5.74, 6) is 1.74. The van der Waals surface area contributed by atoms with E-state index in [4.69, 9.17) is 0 Å². The minimum Gasteiger partial charge on any atom is -0.373 e. The first-order valence-corrected chi connectivity index (χ1v) is 6.56. The summed E-state index contributed by atoms with van der Waals surface area (Å²) < 4.78 is 0. The van der Waals surface area contributed by atoms with Gasteiger partial charge in [-0.2, -0.15) is 0 Å². The normalized spacial score (nSPS) is 10.3. The molecule has 0 aliphatic rings. The van der Waals surface area contributed by atoms with E-state index >= 15 is 0 Å². The molecular formula is C15H20N4. The van der Waals surface area contributed by atoms with Crippen LogP contribution in [0.15, 0.2) is 30.6 Å². The van der Waals surface area contributed by atoms with Crippen LogP contribution in [0, 0.1) is 6.92 Å². The van der Waals surface area contributed by atoms with Crippen LogP contribution in [0.1, 0.15) is 23.6 Å². The Morgan fingerprint density at radius 2 is 1.74 bits per heavy atom. The van der Waals surface area contributed by atoms with Crippen LogP contribution in [0.2, 0.25) is 0 Å². The molecule has 1 aromatic carbocycles. The summed E-state index contributed by atoms with van der Waals surface area (Å²) >= 11 is 0. The molecule has 0 radical (unpaired) electrons. The summed E-state index contributed by atoms with van der Waals surface area (Å²) in [4.78, 5) is 8.48. The second-order valence-electron chi connectivity index (χ2n) is 4.42. The van der Waals surface area contributed by atoms with Gasteiger partial charge in [-0.25, -0.2) is 9.97 Å². The van der Waals surface area contributed by atoms with E-state index in [1.54, 1.807) is 6.33 Å². The number of hydrogen-bond acceptors (Lipinski definition) is 4. The molecule has 0 bridgehead atoms. The lowest BCUT2D eigenvalue weighted by atomic mass is 10.1. The molecule has 2 rings (SSSR count). The van der Waals surface area contributed by atoms with E-state index in [9.17, 15) is 0 Å². The first-order valence-electron chi connectivity index (χ1n) is 6.56. The van der Waals surface area contributed by atoms with E-state index in [2.05, 4.69) is 51.8 Å². The molecule has 0 aliphatic carbocycles. The van der Waals surface area contributed by atoms with Gasteiger partial charge in [0, 0.05) is 19.2 Å². The third-order valence-electron chi connectivity index (χ3n) is 3.27. The second-order valence-corrected chi connectivity index (χ2v) is 4.42. The zero-order valence-corrected chi connectivity index (χ0v) is 11.7. The van der Waals surface area contributed by atoms with E-state index in [0.29, 0.717) is 0 Å². The highest BCUT2D eigenvalue weighted by molar-refractivity contribution is 5.56. The third kappa shape index (κ3) is 3.02. The summed E-state index contributed by atoms with van der Waals surface area (Å²) in [6.07, 6.45) is 2.62. The minimum absolute atomic E-state index is 0.783. The summed E-state index contributed by atoms with van der Waals surface area (Å²) in [6.45, 7) is 4.97. The number of aromatic nitrogens is 2. The number of nitrogens with zero attached hydrogens (tertiary/aromatic N) is 2. The first-order chi connectivity index (χ1) is 9.26. The molecule has 0 saturated carbocycles. The summed E-state index contributed by atoms with van der Waals surface area (Å²) in [6, 6.07) is 8.48. The highest BCUT2D eigenvalue weighted by Crippen LogP contribution is 2.19. The molecule has 19 heavy (non-hydrogen) atoms. The summed E-state index contributed by atoms with van der Waals surface area (Å²) in [5.41, 5.74) is 3.73. The largest absolute Gasteiger partial charge is 0.373 e. The molecule has 0 unspecified atom stereocenters. The van der Waals surface area contributed by atoms with Crippen molar-refractivity contribution in [2.75, 3.05) is 17.7 Å². The van der Waals surface area contributed by atoms with E-state index in [1.807, 2.05) is 14.0 Å². The topological polar surface area (TPSA) is 49.8 Å². The third-order valence-corrected chi connectivity index (χ3v) is 3.27. The number of nitrogens with one attached hydrogen (secondary N) is 2. The van der Waals surface area contributed by atoms with Crippen LogP contribution < -0.4 is 10.6 Å². The number of benzene rings is 1. The molecule has 0 atom stereocenters. The van der Waals surface area contributed by atoms with Gasteiger partial charge in [-0.05, 0) is 24.5 Å². The Morgan fingerprint density at radius 1 is 1.05 bits per heavy atom. The zero-order chi connectivity index (χ0) is 13.7. The standard InChI is InChI=1S/C15H20N4/c1-4-12-7-5-6-8-13(12)9-17-15-11(2)14(16-3)18-10-19-15/h5-8,10H,4,9H2,1-3H3,(H2,16,17,18,19). The molecule has 100 valence electrons. The van der Waals surface area contributed by atoms with Crippen molar-refractivity contribution >= 4 is 11.6 Å². The van der Waals surface area contributed by atoms with Crippen molar-refractivity contribution < 1.29 is 0 Å². The van der Waals surface area contributed by atoms with E-state index in [1.165, 1.54) is 11.1 Å². The van der Waals surface area contributed by atoms with E-state index in [-0.39, 0.29) is 0 Å². The van der Waals surface area contributed by atoms with Crippen LogP contribution in [0.25, 0.3) is 0 Å². The fourth-order valence-corrected chi connectivity index (χ4v) is 2.13. The SMILES string of the molecule is CCc1ccccc1CNc1ncnc(NC)c1C. The molecule has 0 spiro atoms. The highest BCUT2D eigenvalue weighted by Gasteiger charge is 2.06. The molecule has 1 heterocycles. The van der Waals surface area contributed by atoms with Gasteiger partial charge >= 0.3 is 0 Å². The Hall–Kier alpha value is -2.10. The van der Waals surface area contributed by atoms with Crippen LogP contribution in [-0.4, -0.2) is 17.0 Å². The number of aryl methyl sites for hydroxylation is 1. The highest BCUT2D eigenvalue weighted by atomic mass is 15.1. The molecular weight excluding hydrogens is 236 g/mol. The number of anilines is 2. The second kappa shape index (κ2) is 6.18. The van der Waals surface area contributed by atoms with Gasteiger partial charge in [-0.3, -0.25) is 0 Å². The Balaban J connectivity index is 2.15. The molecule has 0 amide bonds. The first kappa shape index (κ1) is 13.3. The van der Waals surface area contributed by atoms with Crippen LogP contribution in [0.3, 0.4) is 0 Å². The summed E-state index contributed by atoms with van der Waals surface area (Å²) in [7, 11) is 1.87. The van der Waals surface area contributed by atoms with Crippen LogP contribution in [-0.2, 0) is 13.0 Å². The van der Waals surface area contributed by atoms with Crippen LogP contribution in [0.5, 0.6) is 0 Å². The van der Waals surface area contributed by atoms with Gasteiger partial charge in [0.25, 0.3) is 0 Å². The molecule has 4 heteroatoms. The van der Waals surface area contributed by atoms with Gasteiger partial charge in [0.15, 0.2) is 0 Å². The lowest BCUT2D eigenvalue weighted by Crippen LogP contribution is -2.07. The average Bonchev–Trinajstić information content (AvgIpc) is 2.46. The quantitative estimate of drug-likeness (QED) is 0.863. The molecule has 2 aromatic rings. The smallest absolute Gasteiger partial charge is 0.134 e. The zero-order valence-electron chi connectivity index (χ0n) is 11.7. The molecule has 1 aromatic heterocycles. The van der Waals surface area contributed by atoms with Gasteiger partial charge in [0.05, 0.1) is 0 Å². The van der Waals surface area contributed by atoms with Gasteiger partial charge in [-0.15, -0.1) is 0 Å². The lowest BCUT2D eigenvalue weighted by Gasteiger charge is -2.12. The monoisotopic (exact) mass is 256 g/mol.